The molecule has 8 heteroatoms. The minimum absolute atomic E-state index is 0.0893. The maximum absolute atomic E-state index is 13.3. The summed E-state index contributed by atoms with van der Waals surface area (Å²) < 4.78 is 5.12. The zero-order chi connectivity index (χ0) is 20.5. The highest BCUT2D eigenvalue weighted by atomic mass is 32.2. The number of fused-ring (bicyclic) bond motifs is 1. The van der Waals surface area contributed by atoms with E-state index in [0.717, 1.165) is 21.3 Å². The van der Waals surface area contributed by atoms with Crippen LogP contribution in [-0.4, -0.2) is 40.5 Å². The molecule has 1 N–H and O–H groups in total. The quantitative estimate of drug-likeness (QED) is 0.445. The number of carbonyl (C=O) groups is 2. The second-order valence-electron chi connectivity index (χ2n) is 7.23. The predicted molar refractivity (Wildman–Crippen MR) is 111 cm³/mol. The highest BCUT2D eigenvalue weighted by Crippen LogP contribution is 2.46. The summed E-state index contributed by atoms with van der Waals surface area (Å²) >= 11 is 3.18. The molecule has 2 heterocycles. The summed E-state index contributed by atoms with van der Waals surface area (Å²) in [6.07, 6.45) is 7.13. The Bertz CT molecular complexity index is 868. The van der Waals surface area contributed by atoms with Crippen molar-refractivity contribution in [1.29, 1.82) is 0 Å². The number of nitrogens with one attached hydrogen (secondary N) is 1. The standard InChI is InChI=1S/C20H25N3O3S2/c1-6-26-18(24)13-7-11(2)12(3)14(8-13)23-19(25)20(4)9-28-15-16(20)21-10-22-17(15)27-5/h7-8,10-12H,6,9H2,1-5H3,(H,23,25). The lowest BCUT2D eigenvalue weighted by molar-refractivity contribution is -0.138. The van der Waals surface area contributed by atoms with Gasteiger partial charge in [0.25, 0.3) is 0 Å². The van der Waals surface area contributed by atoms with Crippen molar-refractivity contribution in [2.45, 2.75) is 43.0 Å². The molecule has 0 fully saturated rings. The molecule has 1 aliphatic carbocycles. The van der Waals surface area contributed by atoms with Crippen LogP contribution in [0.15, 0.2) is 39.7 Å². The van der Waals surface area contributed by atoms with Crippen LogP contribution in [0, 0.1) is 11.8 Å². The van der Waals surface area contributed by atoms with E-state index in [4.69, 9.17) is 4.74 Å². The van der Waals surface area contributed by atoms with Gasteiger partial charge in [-0.15, -0.1) is 23.5 Å². The molecule has 0 spiro atoms. The van der Waals surface area contributed by atoms with Gasteiger partial charge in [-0.25, -0.2) is 14.8 Å². The van der Waals surface area contributed by atoms with Crippen LogP contribution in [0.1, 0.15) is 33.4 Å². The number of carbonyl (C=O) groups excluding carboxylic acids is 2. The molecule has 1 aliphatic heterocycles. The highest BCUT2D eigenvalue weighted by molar-refractivity contribution is 8.02. The molecule has 150 valence electrons. The number of esters is 1. The number of hydrogen-bond acceptors (Lipinski definition) is 7. The average Bonchev–Trinajstić information content (AvgIpc) is 3.03. The molecule has 3 atom stereocenters. The number of nitrogens with zero attached hydrogens (tertiary/aromatic N) is 2. The Kier molecular flexibility index (Phi) is 6.19. The fourth-order valence-corrected chi connectivity index (χ4v) is 5.46. The fourth-order valence-electron chi connectivity index (χ4n) is 3.30. The maximum Gasteiger partial charge on any atom is 0.337 e. The fraction of sp³-hybridized carbons (Fsp3) is 0.500. The van der Waals surface area contributed by atoms with E-state index in [-0.39, 0.29) is 23.7 Å². The zero-order valence-corrected chi connectivity index (χ0v) is 18.4. The molecule has 0 radical (unpaired) electrons. The number of thioether (sulfide) groups is 2. The molecular formula is C20H25N3O3S2. The molecule has 0 saturated carbocycles. The minimum Gasteiger partial charge on any atom is -0.462 e. The third kappa shape index (κ3) is 3.72. The van der Waals surface area contributed by atoms with Crippen LogP contribution in [0.5, 0.6) is 0 Å². The number of amides is 1. The van der Waals surface area contributed by atoms with Gasteiger partial charge in [0.1, 0.15) is 11.4 Å². The molecule has 0 aromatic carbocycles. The number of ether oxygens (including phenoxy) is 1. The number of aromatic nitrogens is 2. The number of rotatable bonds is 5. The van der Waals surface area contributed by atoms with Gasteiger partial charge < -0.3 is 10.1 Å². The van der Waals surface area contributed by atoms with Crippen molar-refractivity contribution in [1.82, 2.24) is 15.3 Å². The summed E-state index contributed by atoms with van der Waals surface area (Å²) in [7, 11) is 0. The van der Waals surface area contributed by atoms with E-state index >= 15 is 0 Å². The molecule has 3 unspecified atom stereocenters. The molecule has 3 rings (SSSR count). The molecule has 0 saturated heterocycles. The molecule has 28 heavy (non-hydrogen) atoms. The molecule has 1 aromatic rings. The second kappa shape index (κ2) is 8.29. The largest absolute Gasteiger partial charge is 0.462 e. The van der Waals surface area contributed by atoms with Crippen LogP contribution >= 0.6 is 23.5 Å². The Morgan fingerprint density at radius 1 is 1.39 bits per heavy atom. The Morgan fingerprint density at radius 2 is 2.14 bits per heavy atom. The van der Waals surface area contributed by atoms with Gasteiger partial charge in [-0.1, -0.05) is 19.9 Å². The molecular weight excluding hydrogens is 394 g/mol. The Labute approximate surface area is 174 Å². The van der Waals surface area contributed by atoms with Gasteiger partial charge in [0.05, 0.1) is 28.2 Å². The summed E-state index contributed by atoms with van der Waals surface area (Å²) in [5.41, 5.74) is 1.25. The number of hydrogen-bond donors (Lipinski definition) is 1. The van der Waals surface area contributed by atoms with Gasteiger partial charge in [-0.3, -0.25) is 4.79 Å². The normalized spacial score (nSPS) is 26.2. The van der Waals surface area contributed by atoms with Crippen molar-refractivity contribution < 1.29 is 14.3 Å². The number of allylic oxidation sites excluding steroid dienone is 2. The smallest absolute Gasteiger partial charge is 0.337 e. The van der Waals surface area contributed by atoms with Gasteiger partial charge in [-0.2, -0.15) is 0 Å². The first-order valence-corrected chi connectivity index (χ1v) is 11.5. The molecule has 6 nitrogen and oxygen atoms in total. The average molecular weight is 420 g/mol. The summed E-state index contributed by atoms with van der Waals surface area (Å²) in [5.74, 6) is 0.339. The SMILES string of the molecule is CCOC(=O)C1=CC(C)C(C)C(NC(=O)C2(C)CSc3c(SC)ncnc32)=C1. The lowest BCUT2D eigenvalue weighted by Gasteiger charge is -2.29. The summed E-state index contributed by atoms with van der Waals surface area (Å²) in [6.45, 7) is 8.09. The maximum atomic E-state index is 13.3. The lowest BCUT2D eigenvalue weighted by Crippen LogP contribution is -2.44. The third-order valence-corrected chi connectivity index (χ3v) is 7.52. The van der Waals surface area contributed by atoms with Crippen LogP contribution < -0.4 is 5.32 Å². The molecule has 1 aromatic heterocycles. The molecule has 0 bridgehead atoms. The second-order valence-corrected chi connectivity index (χ2v) is 9.01. The van der Waals surface area contributed by atoms with Gasteiger partial charge >= 0.3 is 5.97 Å². The summed E-state index contributed by atoms with van der Waals surface area (Å²) in [5, 5.41) is 3.98. The zero-order valence-electron chi connectivity index (χ0n) is 16.7. The first-order chi connectivity index (χ1) is 13.3. The van der Waals surface area contributed by atoms with Crippen LogP contribution in [0.2, 0.25) is 0 Å². The minimum atomic E-state index is -0.748. The summed E-state index contributed by atoms with van der Waals surface area (Å²) in [4.78, 5) is 35.2. The van der Waals surface area contributed by atoms with Gasteiger partial charge in [0.15, 0.2) is 0 Å². The topological polar surface area (TPSA) is 81.2 Å². The van der Waals surface area contributed by atoms with Crippen LogP contribution in [-0.2, 0) is 19.7 Å². The van der Waals surface area contributed by atoms with Crippen molar-refractivity contribution >= 4 is 35.4 Å². The van der Waals surface area contributed by atoms with Crippen molar-refractivity contribution in [3.63, 3.8) is 0 Å². The summed E-state index contributed by atoms with van der Waals surface area (Å²) in [6, 6.07) is 0. The first-order valence-electron chi connectivity index (χ1n) is 9.26. The van der Waals surface area contributed by atoms with E-state index in [2.05, 4.69) is 15.3 Å². The first kappa shape index (κ1) is 20.9. The van der Waals surface area contributed by atoms with E-state index in [1.165, 1.54) is 6.33 Å². The highest BCUT2D eigenvalue weighted by Gasteiger charge is 2.45. The van der Waals surface area contributed by atoms with Crippen LogP contribution in [0.3, 0.4) is 0 Å². The Balaban J connectivity index is 1.87. The van der Waals surface area contributed by atoms with Crippen LogP contribution in [0.25, 0.3) is 0 Å². The van der Waals surface area contributed by atoms with Crippen LogP contribution in [0.4, 0.5) is 0 Å². The van der Waals surface area contributed by atoms with Gasteiger partial charge in [0.2, 0.25) is 5.91 Å². The molecule has 2 aliphatic rings. The molecule has 1 amide bonds. The van der Waals surface area contributed by atoms with E-state index in [1.54, 1.807) is 36.5 Å². The Morgan fingerprint density at radius 3 is 2.82 bits per heavy atom. The lowest BCUT2D eigenvalue weighted by atomic mass is 9.83. The van der Waals surface area contributed by atoms with Gasteiger partial charge in [0, 0.05) is 17.4 Å². The third-order valence-electron chi connectivity index (χ3n) is 5.30. The van der Waals surface area contributed by atoms with Gasteiger partial charge in [-0.05, 0) is 32.1 Å². The van der Waals surface area contributed by atoms with Crippen molar-refractivity contribution in [2.75, 3.05) is 18.6 Å². The van der Waals surface area contributed by atoms with E-state index in [9.17, 15) is 9.59 Å². The van der Waals surface area contributed by atoms with E-state index in [0.29, 0.717) is 17.9 Å². The van der Waals surface area contributed by atoms with Crippen molar-refractivity contribution in [3.05, 3.63) is 35.4 Å². The Hall–Kier alpha value is -1.80. The van der Waals surface area contributed by atoms with E-state index in [1.807, 2.05) is 33.1 Å². The van der Waals surface area contributed by atoms with Crippen molar-refractivity contribution in [3.8, 4) is 0 Å². The van der Waals surface area contributed by atoms with Crippen molar-refractivity contribution in [2.24, 2.45) is 11.8 Å². The monoisotopic (exact) mass is 419 g/mol. The predicted octanol–water partition coefficient (Wildman–Crippen LogP) is 3.34. The van der Waals surface area contributed by atoms with E-state index < -0.39 is 5.41 Å².